The van der Waals surface area contributed by atoms with Crippen LogP contribution in [0.5, 0.6) is 5.75 Å². The first kappa shape index (κ1) is 18.1. The van der Waals surface area contributed by atoms with E-state index >= 15 is 0 Å². The number of hydrogen-bond donors (Lipinski definition) is 1. The summed E-state index contributed by atoms with van der Waals surface area (Å²) >= 11 is 12.0. The molecule has 2 aromatic carbocycles. The second kappa shape index (κ2) is 8.57. The molecule has 0 aliphatic rings. The van der Waals surface area contributed by atoms with E-state index in [4.69, 9.17) is 28.0 Å². The lowest BCUT2D eigenvalue weighted by atomic mass is 10.1. The summed E-state index contributed by atoms with van der Waals surface area (Å²) in [5.41, 5.74) is 2.30. The van der Waals surface area contributed by atoms with Crippen molar-refractivity contribution in [1.82, 2.24) is 5.32 Å². The quantitative estimate of drug-likeness (QED) is 0.618. The number of alkyl carbamates (subject to hydrolysis) is 1. The SMILES string of the molecule is COC(=O)NCc1cc(O/N=C(\C)c2ccc(Cl)cc2)ccc1Cl. The van der Waals surface area contributed by atoms with E-state index in [2.05, 4.69) is 15.2 Å². The van der Waals surface area contributed by atoms with Crippen LogP contribution in [0.25, 0.3) is 0 Å². The van der Waals surface area contributed by atoms with E-state index < -0.39 is 6.09 Å². The summed E-state index contributed by atoms with van der Waals surface area (Å²) in [4.78, 5) is 16.6. The van der Waals surface area contributed by atoms with E-state index in [1.165, 1.54) is 7.11 Å². The number of carbonyl (C=O) groups is 1. The van der Waals surface area contributed by atoms with E-state index in [9.17, 15) is 4.79 Å². The standard InChI is InChI=1S/C17H16Cl2N2O3/c1-11(12-3-5-14(18)6-4-12)21-24-15-7-8-16(19)13(9-15)10-20-17(22)23-2/h3-9H,10H2,1-2H3,(H,20,22)/b21-11+. The predicted molar refractivity (Wildman–Crippen MR) is 95.0 cm³/mol. The number of nitrogens with one attached hydrogen (secondary N) is 1. The van der Waals surface area contributed by atoms with Gasteiger partial charge in [-0.25, -0.2) is 4.79 Å². The van der Waals surface area contributed by atoms with Crippen LogP contribution in [0.2, 0.25) is 10.0 Å². The Bertz CT molecular complexity index is 746. The fourth-order valence-electron chi connectivity index (χ4n) is 1.85. The Balaban J connectivity index is 2.07. The molecule has 1 N–H and O–H groups in total. The molecule has 0 aromatic heterocycles. The van der Waals surface area contributed by atoms with Gasteiger partial charge in [0.1, 0.15) is 0 Å². The van der Waals surface area contributed by atoms with E-state index in [0.717, 1.165) is 5.56 Å². The fourth-order valence-corrected chi connectivity index (χ4v) is 2.16. The maximum atomic E-state index is 11.1. The van der Waals surface area contributed by atoms with Crippen LogP contribution in [0.3, 0.4) is 0 Å². The Hall–Kier alpha value is -2.24. The fraction of sp³-hybridized carbons (Fsp3) is 0.176. The van der Waals surface area contributed by atoms with Gasteiger partial charge in [0.25, 0.3) is 0 Å². The minimum Gasteiger partial charge on any atom is -0.453 e. The van der Waals surface area contributed by atoms with Gasteiger partial charge < -0.3 is 14.9 Å². The van der Waals surface area contributed by atoms with Crippen molar-refractivity contribution in [2.45, 2.75) is 13.5 Å². The van der Waals surface area contributed by atoms with Gasteiger partial charge in [0.2, 0.25) is 0 Å². The molecule has 1 amide bonds. The summed E-state index contributed by atoms with van der Waals surface area (Å²) in [6.45, 7) is 2.06. The lowest BCUT2D eigenvalue weighted by Gasteiger charge is -2.08. The van der Waals surface area contributed by atoms with Crippen LogP contribution in [0.15, 0.2) is 47.6 Å². The first-order valence-corrected chi connectivity index (χ1v) is 7.83. The topological polar surface area (TPSA) is 59.9 Å². The zero-order valence-electron chi connectivity index (χ0n) is 13.2. The predicted octanol–water partition coefficient (Wildman–Crippen LogP) is 4.65. The number of rotatable bonds is 5. The van der Waals surface area contributed by atoms with Crippen LogP contribution >= 0.6 is 23.2 Å². The van der Waals surface area contributed by atoms with Crippen molar-refractivity contribution in [3.63, 3.8) is 0 Å². The average Bonchev–Trinajstić information content (AvgIpc) is 2.59. The zero-order chi connectivity index (χ0) is 17.5. The average molecular weight is 367 g/mol. The molecule has 126 valence electrons. The molecular weight excluding hydrogens is 351 g/mol. The molecule has 2 rings (SSSR count). The number of hydrogen-bond acceptors (Lipinski definition) is 4. The molecule has 0 spiro atoms. The molecule has 0 heterocycles. The molecule has 0 aliphatic carbocycles. The maximum Gasteiger partial charge on any atom is 0.407 e. The van der Waals surface area contributed by atoms with Crippen molar-refractivity contribution in [2.75, 3.05) is 7.11 Å². The highest BCUT2D eigenvalue weighted by atomic mass is 35.5. The zero-order valence-corrected chi connectivity index (χ0v) is 14.7. The van der Waals surface area contributed by atoms with E-state index in [1.807, 2.05) is 19.1 Å². The van der Waals surface area contributed by atoms with Gasteiger partial charge >= 0.3 is 6.09 Å². The van der Waals surface area contributed by atoms with Crippen LogP contribution in [0.1, 0.15) is 18.1 Å². The largest absolute Gasteiger partial charge is 0.453 e. The third-order valence-electron chi connectivity index (χ3n) is 3.18. The molecule has 0 radical (unpaired) electrons. The monoisotopic (exact) mass is 366 g/mol. The third kappa shape index (κ3) is 5.15. The van der Waals surface area contributed by atoms with Crippen LogP contribution in [0, 0.1) is 0 Å². The summed E-state index contributed by atoms with van der Waals surface area (Å²) < 4.78 is 4.52. The number of benzene rings is 2. The molecule has 7 heteroatoms. The van der Waals surface area contributed by atoms with Crippen LogP contribution < -0.4 is 10.2 Å². The molecule has 24 heavy (non-hydrogen) atoms. The molecular formula is C17H16Cl2N2O3. The van der Waals surface area contributed by atoms with Gasteiger partial charge in [-0.15, -0.1) is 0 Å². The molecule has 0 saturated carbocycles. The molecule has 0 unspecified atom stereocenters. The highest BCUT2D eigenvalue weighted by Crippen LogP contribution is 2.22. The van der Waals surface area contributed by atoms with Crippen molar-refractivity contribution >= 4 is 35.0 Å². The Morgan fingerprint density at radius 1 is 1.17 bits per heavy atom. The first-order chi connectivity index (χ1) is 11.5. The molecule has 0 atom stereocenters. The second-order valence-electron chi connectivity index (χ2n) is 4.87. The molecule has 0 saturated heterocycles. The molecule has 0 aliphatic heterocycles. The Morgan fingerprint density at radius 2 is 1.88 bits per heavy atom. The highest BCUT2D eigenvalue weighted by Gasteiger charge is 2.06. The van der Waals surface area contributed by atoms with Crippen molar-refractivity contribution in [3.05, 3.63) is 63.6 Å². The van der Waals surface area contributed by atoms with Crippen LogP contribution in [0.4, 0.5) is 4.79 Å². The maximum absolute atomic E-state index is 11.1. The minimum absolute atomic E-state index is 0.225. The number of ether oxygens (including phenoxy) is 1. The summed E-state index contributed by atoms with van der Waals surface area (Å²) in [5.74, 6) is 0.509. The molecule has 2 aromatic rings. The number of amides is 1. The first-order valence-electron chi connectivity index (χ1n) is 7.07. The van der Waals surface area contributed by atoms with Crippen molar-refractivity contribution in [3.8, 4) is 5.75 Å². The number of carbonyl (C=O) groups excluding carboxylic acids is 1. The Kier molecular flexibility index (Phi) is 6.46. The normalized spacial score (nSPS) is 11.1. The lowest BCUT2D eigenvalue weighted by Crippen LogP contribution is -2.22. The van der Waals surface area contributed by atoms with Crippen molar-refractivity contribution in [1.29, 1.82) is 0 Å². The van der Waals surface area contributed by atoms with Gasteiger partial charge in [-0.05, 0) is 48.4 Å². The highest BCUT2D eigenvalue weighted by molar-refractivity contribution is 6.31. The van der Waals surface area contributed by atoms with Gasteiger partial charge in [0.05, 0.1) is 12.8 Å². The number of halogens is 2. The van der Waals surface area contributed by atoms with Gasteiger partial charge in [-0.3, -0.25) is 0 Å². The summed E-state index contributed by atoms with van der Waals surface area (Å²) in [7, 11) is 1.30. The molecule has 5 nitrogen and oxygen atoms in total. The Morgan fingerprint density at radius 3 is 2.54 bits per heavy atom. The summed E-state index contributed by atoms with van der Waals surface area (Å²) in [6, 6.07) is 12.4. The van der Waals surface area contributed by atoms with Gasteiger partial charge in [0.15, 0.2) is 5.75 Å². The second-order valence-corrected chi connectivity index (χ2v) is 5.72. The van der Waals surface area contributed by atoms with E-state index in [0.29, 0.717) is 27.1 Å². The number of methoxy groups -OCH3 is 1. The van der Waals surface area contributed by atoms with Gasteiger partial charge in [-0.2, -0.15) is 0 Å². The smallest absolute Gasteiger partial charge is 0.407 e. The van der Waals surface area contributed by atoms with E-state index in [-0.39, 0.29) is 6.54 Å². The van der Waals surface area contributed by atoms with Gasteiger partial charge in [0, 0.05) is 16.6 Å². The minimum atomic E-state index is -0.533. The van der Waals surface area contributed by atoms with E-state index in [1.54, 1.807) is 30.3 Å². The summed E-state index contributed by atoms with van der Waals surface area (Å²) in [6.07, 6.45) is -0.533. The van der Waals surface area contributed by atoms with Crippen molar-refractivity contribution in [2.24, 2.45) is 5.16 Å². The van der Waals surface area contributed by atoms with Crippen LogP contribution in [-0.4, -0.2) is 18.9 Å². The number of nitrogens with zero attached hydrogens (tertiary/aromatic N) is 1. The molecule has 0 fully saturated rings. The Labute approximate surface area is 150 Å². The third-order valence-corrected chi connectivity index (χ3v) is 3.80. The van der Waals surface area contributed by atoms with Crippen molar-refractivity contribution < 1.29 is 14.4 Å². The summed E-state index contributed by atoms with van der Waals surface area (Å²) in [5, 5.41) is 7.83. The van der Waals surface area contributed by atoms with Crippen LogP contribution in [-0.2, 0) is 11.3 Å². The lowest BCUT2D eigenvalue weighted by molar-refractivity contribution is 0.170. The molecule has 0 bridgehead atoms. The number of oxime groups is 1. The van der Waals surface area contributed by atoms with Gasteiger partial charge in [-0.1, -0.05) is 40.5 Å².